The molecule has 19 heavy (non-hydrogen) atoms. The van der Waals surface area contributed by atoms with Gasteiger partial charge in [0.05, 0.1) is 12.7 Å². The summed E-state index contributed by atoms with van der Waals surface area (Å²) < 4.78 is 5.84. The average Bonchev–Trinajstić information content (AvgIpc) is 2.38. The second kappa shape index (κ2) is 5.93. The van der Waals surface area contributed by atoms with Gasteiger partial charge >= 0.3 is 0 Å². The second-order valence-electron chi connectivity index (χ2n) is 6.38. The second-order valence-corrected chi connectivity index (χ2v) is 6.38. The van der Waals surface area contributed by atoms with Crippen LogP contribution >= 0.6 is 0 Å². The highest BCUT2D eigenvalue weighted by atomic mass is 16.5. The molecule has 1 aromatic carbocycles. The van der Waals surface area contributed by atoms with Crippen LogP contribution in [0.15, 0.2) is 24.3 Å². The molecule has 1 unspecified atom stereocenters. The number of aliphatic hydroxyl groups is 1. The fourth-order valence-electron chi connectivity index (χ4n) is 2.58. The van der Waals surface area contributed by atoms with E-state index in [1.165, 1.54) is 12.8 Å². The summed E-state index contributed by atoms with van der Waals surface area (Å²) in [5, 5.41) is 10.1. The third kappa shape index (κ3) is 4.22. The van der Waals surface area contributed by atoms with Crippen LogP contribution in [0, 0.1) is 5.41 Å². The summed E-state index contributed by atoms with van der Waals surface area (Å²) in [6, 6.07) is 7.32. The fourth-order valence-corrected chi connectivity index (χ4v) is 2.58. The normalized spacial score (nSPS) is 21.2. The first-order valence-corrected chi connectivity index (χ1v) is 7.11. The molecule has 1 aliphatic carbocycles. The Hall–Kier alpha value is -1.06. The molecule has 0 radical (unpaired) electrons. The Morgan fingerprint density at radius 1 is 1.26 bits per heavy atom. The fraction of sp³-hybridized carbons (Fsp3) is 0.625. The van der Waals surface area contributed by atoms with Crippen molar-refractivity contribution in [3.05, 3.63) is 29.8 Å². The first kappa shape index (κ1) is 14.4. The van der Waals surface area contributed by atoms with Crippen molar-refractivity contribution in [1.29, 1.82) is 0 Å². The molecule has 0 saturated heterocycles. The molecule has 0 aromatic heterocycles. The van der Waals surface area contributed by atoms with Crippen LogP contribution in [0.5, 0.6) is 0 Å². The lowest BCUT2D eigenvalue weighted by atomic mass is 9.76. The Labute approximate surface area is 115 Å². The van der Waals surface area contributed by atoms with Crippen LogP contribution in [-0.2, 0) is 4.74 Å². The average molecular weight is 263 g/mol. The van der Waals surface area contributed by atoms with E-state index in [2.05, 4.69) is 13.8 Å². The Morgan fingerprint density at radius 3 is 2.42 bits per heavy atom. The molecule has 1 saturated carbocycles. The molecular formula is C16H25NO2. The van der Waals surface area contributed by atoms with Crippen molar-refractivity contribution in [1.82, 2.24) is 0 Å². The molecule has 0 amide bonds. The minimum Gasteiger partial charge on any atom is -0.399 e. The summed E-state index contributed by atoms with van der Waals surface area (Å²) in [4.78, 5) is 0. The zero-order chi connectivity index (χ0) is 13.9. The number of rotatable bonds is 4. The van der Waals surface area contributed by atoms with Crippen molar-refractivity contribution in [2.24, 2.45) is 5.41 Å². The maximum atomic E-state index is 10.1. The summed E-state index contributed by atoms with van der Waals surface area (Å²) in [5.41, 5.74) is 7.66. The van der Waals surface area contributed by atoms with Gasteiger partial charge in [-0.15, -0.1) is 0 Å². The topological polar surface area (TPSA) is 55.5 Å². The minimum absolute atomic E-state index is 0.302. The van der Waals surface area contributed by atoms with Gasteiger partial charge in [0.2, 0.25) is 0 Å². The highest BCUT2D eigenvalue weighted by molar-refractivity contribution is 5.39. The van der Waals surface area contributed by atoms with Crippen LogP contribution < -0.4 is 5.73 Å². The van der Waals surface area contributed by atoms with Gasteiger partial charge in [-0.2, -0.15) is 0 Å². The van der Waals surface area contributed by atoms with Crippen LogP contribution in [0.1, 0.15) is 51.2 Å². The summed E-state index contributed by atoms with van der Waals surface area (Å²) in [5.74, 6) is 0. The molecule has 1 aromatic rings. The van der Waals surface area contributed by atoms with Gasteiger partial charge < -0.3 is 15.6 Å². The zero-order valence-electron chi connectivity index (χ0n) is 11.9. The molecule has 3 N–H and O–H groups in total. The maximum Gasteiger partial charge on any atom is 0.102 e. The predicted octanol–water partition coefficient (Wildman–Crippen LogP) is 3.29. The van der Waals surface area contributed by atoms with E-state index in [1.807, 2.05) is 24.3 Å². The number of aliphatic hydroxyl groups excluding tert-OH is 1. The molecule has 3 nitrogen and oxygen atoms in total. The van der Waals surface area contributed by atoms with E-state index >= 15 is 0 Å². The lowest BCUT2D eigenvalue weighted by Crippen LogP contribution is -2.27. The van der Waals surface area contributed by atoms with Crippen molar-refractivity contribution in [3.63, 3.8) is 0 Å². The standard InChI is InChI=1S/C16H25NO2/c1-16(2)9-7-14(8-10-16)19-11-15(18)12-3-5-13(17)6-4-12/h3-6,14-15,18H,7-11,17H2,1-2H3. The van der Waals surface area contributed by atoms with Crippen molar-refractivity contribution in [3.8, 4) is 0 Å². The quantitative estimate of drug-likeness (QED) is 0.820. The summed E-state index contributed by atoms with van der Waals surface area (Å²) in [6.07, 6.45) is 4.35. The number of hydrogen-bond donors (Lipinski definition) is 2. The van der Waals surface area contributed by atoms with E-state index in [9.17, 15) is 5.11 Å². The number of ether oxygens (including phenoxy) is 1. The predicted molar refractivity (Wildman–Crippen MR) is 77.8 cm³/mol. The lowest BCUT2D eigenvalue weighted by Gasteiger charge is -2.34. The van der Waals surface area contributed by atoms with Gasteiger partial charge in [-0.1, -0.05) is 26.0 Å². The molecule has 0 bridgehead atoms. The van der Waals surface area contributed by atoms with Crippen LogP contribution in [0.4, 0.5) is 5.69 Å². The summed E-state index contributed by atoms with van der Waals surface area (Å²) in [6.45, 7) is 4.99. The largest absolute Gasteiger partial charge is 0.399 e. The third-order valence-corrected chi connectivity index (χ3v) is 4.10. The summed E-state index contributed by atoms with van der Waals surface area (Å²) >= 11 is 0. The number of nitrogens with two attached hydrogens (primary N) is 1. The van der Waals surface area contributed by atoms with Crippen molar-refractivity contribution >= 4 is 5.69 Å². The van der Waals surface area contributed by atoms with E-state index in [0.717, 1.165) is 18.4 Å². The van der Waals surface area contributed by atoms with Crippen LogP contribution in [0.2, 0.25) is 0 Å². The summed E-state index contributed by atoms with van der Waals surface area (Å²) in [7, 11) is 0. The van der Waals surface area contributed by atoms with Gasteiger partial charge in [0.15, 0.2) is 0 Å². The van der Waals surface area contributed by atoms with Gasteiger partial charge in [-0.3, -0.25) is 0 Å². The highest BCUT2D eigenvalue weighted by Crippen LogP contribution is 2.36. The van der Waals surface area contributed by atoms with Gasteiger partial charge in [-0.05, 0) is 48.8 Å². The lowest BCUT2D eigenvalue weighted by molar-refractivity contribution is -0.0380. The van der Waals surface area contributed by atoms with Gasteiger partial charge in [0, 0.05) is 5.69 Å². The Morgan fingerprint density at radius 2 is 1.84 bits per heavy atom. The molecule has 1 atom stereocenters. The van der Waals surface area contributed by atoms with E-state index < -0.39 is 6.10 Å². The molecule has 3 heteroatoms. The molecule has 0 heterocycles. The van der Waals surface area contributed by atoms with Crippen LogP contribution in [0.3, 0.4) is 0 Å². The highest BCUT2D eigenvalue weighted by Gasteiger charge is 2.27. The Bertz CT molecular complexity index is 390. The molecular weight excluding hydrogens is 238 g/mol. The smallest absolute Gasteiger partial charge is 0.102 e. The molecule has 2 rings (SSSR count). The molecule has 1 fully saturated rings. The van der Waals surface area contributed by atoms with Crippen molar-refractivity contribution in [2.75, 3.05) is 12.3 Å². The molecule has 1 aliphatic rings. The molecule has 0 spiro atoms. The first-order valence-electron chi connectivity index (χ1n) is 7.11. The Kier molecular flexibility index (Phi) is 4.48. The number of nitrogen functional groups attached to an aromatic ring is 1. The van der Waals surface area contributed by atoms with Crippen molar-refractivity contribution < 1.29 is 9.84 Å². The number of anilines is 1. The first-order chi connectivity index (χ1) is 8.96. The van der Waals surface area contributed by atoms with Crippen LogP contribution in [-0.4, -0.2) is 17.8 Å². The Balaban J connectivity index is 1.78. The van der Waals surface area contributed by atoms with E-state index in [4.69, 9.17) is 10.5 Å². The zero-order valence-corrected chi connectivity index (χ0v) is 11.9. The number of hydrogen-bond acceptors (Lipinski definition) is 3. The minimum atomic E-state index is -0.560. The van der Waals surface area contributed by atoms with Gasteiger partial charge in [-0.25, -0.2) is 0 Å². The van der Waals surface area contributed by atoms with Crippen molar-refractivity contribution in [2.45, 2.75) is 51.7 Å². The monoisotopic (exact) mass is 263 g/mol. The third-order valence-electron chi connectivity index (χ3n) is 4.10. The maximum absolute atomic E-state index is 10.1. The number of benzene rings is 1. The van der Waals surface area contributed by atoms with E-state index in [-0.39, 0.29) is 0 Å². The molecule has 106 valence electrons. The van der Waals surface area contributed by atoms with E-state index in [0.29, 0.717) is 23.8 Å². The molecule has 0 aliphatic heterocycles. The van der Waals surface area contributed by atoms with Gasteiger partial charge in [0.1, 0.15) is 6.10 Å². The van der Waals surface area contributed by atoms with Crippen LogP contribution in [0.25, 0.3) is 0 Å². The van der Waals surface area contributed by atoms with Gasteiger partial charge in [0.25, 0.3) is 0 Å². The van der Waals surface area contributed by atoms with E-state index in [1.54, 1.807) is 0 Å². The SMILES string of the molecule is CC1(C)CCC(OCC(O)c2ccc(N)cc2)CC1.